The van der Waals surface area contributed by atoms with E-state index < -0.39 is 0 Å². The van der Waals surface area contributed by atoms with E-state index in [0.717, 1.165) is 31.4 Å². The van der Waals surface area contributed by atoms with Crippen LogP contribution in [0.15, 0.2) is 30.3 Å². The van der Waals surface area contributed by atoms with Crippen molar-refractivity contribution in [2.24, 2.45) is 5.92 Å². The molecule has 0 aliphatic rings. The molecule has 0 bridgehead atoms. The van der Waals surface area contributed by atoms with E-state index in [1.807, 2.05) is 37.3 Å². The maximum Gasteiger partial charge on any atom is 0.224 e. The van der Waals surface area contributed by atoms with E-state index in [1.54, 1.807) is 0 Å². The van der Waals surface area contributed by atoms with Gasteiger partial charge in [-0.3, -0.25) is 4.79 Å². The van der Waals surface area contributed by atoms with Gasteiger partial charge in [-0.2, -0.15) is 0 Å². The predicted octanol–water partition coefficient (Wildman–Crippen LogP) is 4.84. The van der Waals surface area contributed by atoms with Crippen molar-refractivity contribution in [3.63, 3.8) is 0 Å². The van der Waals surface area contributed by atoms with Gasteiger partial charge in [0.15, 0.2) is 0 Å². The van der Waals surface area contributed by atoms with E-state index in [9.17, 15) is 4.79 Å². The highest BCUT2D eigenvalue weighted by Crippen LogP contribution is 2.21. The van der Waals surface area contributed by atoms with Crippen LogP contribution < -0.4 is 5.32 Å². The number of rotatable bonds is 8. The average Bonchev–Trinajstić information content (AvgIpc) is 2.37. The molecule has 2 atom stereocenters. The van der Waals surface area contributed by atoms with Crippen molar-refractivity contribution in [2.75, 3.05) is 5.32 Å². The van der Waals surface area contributed by atoms with Gasteiger partial charge in [-0.25, -0.2) is 0 Å². The van der Waals surface area contributed by atoms with Crippen LogP contribution in [-0.4, -0.2) is 11.3 Å². The summed E-state index contributed by atoms with van der Waals surface area (Å²) in [7, 11) is 0. The molecule has 3 heteroatoms. The monoisotopic (exact) mass is 281 g/mol. The molecule has 0 aromatic heterocycles. The Balaban J connectivity index is 2.42. The number of carbonyl (C=O) groups is 1. The third kappa shape index (κ3) is 7.22. The fourth-order valence-electron chi connectivity index (χ4n) is 2.22. The summed E-state index contributed by atoms with van der Waals surface area (Å²) < 4.78 is 0. The second kappa shape index (κ2) is 8.98. The van der Waals surface area contributed by atoms with Crippen LogP contribution >= 0.6 is 11.6 Å². The highest BCUT2D eigenvalue weighted by Gasteiger charge is 2.14. The third-order valence-corrected chi connectivity index (χ3v) is 3.42. The van der Waals surface area contributed by atoms with Gasteiger partial charge in [0.1, 0.15) is 0 Å². The normalized spacial score (nSPS) is 13.8. The Hall–Kier alpha value is -1.02. The number of halogens is 1. The van der Waals surface area contributed by atoms with Gasteiger partial charge in [0, 0.05) is 17.5 Å². The minimum atomic E-state index is 0.104. The first-order chi connectivity index (χ1) is 9.11. The molecule has 0 radical (unpaired) electrons. The Morgan fingerprint density at radius 3 is 2.47 bits per heavy atom. The summed E-state index contributed by atoms with van der Waals surface area (Å²) >= 11 is 5.99. The summed E-state index contributed by atoms with van der Waals surface area (Å²) in [5, 5.41) is 3.14. The SMILES string of the molecule is CCCC(CCC(C)Cl)CC(=O)Nc1ccccc1. The Bertz CT molecular complexity index is 364. The van der Waals surface area contributed by atoms with Crippen molar-refractivity contribution in [3.05, 3.63) is 30.3 Å². The van der Waals surface area contributed by atoms with Gasteiger partial charge in [-0.05, 0) is 37.8 Å². The molecule has 1 rings (SSSR count). The first-order valence-electron chi connectivity index (χ1n) is 7.10. The Kier molecular flexibility index (Phi) is 7.57. The van der Waals surface area contributed by atoms with Gasteiger partial charge in [0.25, 0.3) is 0 Å². The van der Waals surface area contributed by atoms with E-state index in [0.29, 0.717) is 12.3 Å². The molecule has 0 aliphatic heterocycles. The third-order valence-electron chi connectivity index (χ3n) is 3.20. The van der Waals surface area contributed by atoms with Crippen molar-refractivity contribution in [1.82, 2.24) is 0 Å². The molecule has 1 amide bonds. The first kappa shape index (κ1) is 16.0. The van der Waals surface area contributed by atoms with E-state index in [-0.39, 0.29) is 11.3 Å². The van der Waals surface area contributed by atoms with Crippen LogP contribution in [0.3, 0.4) is 0 Å². The summed E-state index contributed by atoms with van der Waals surface area (Å²) in [6.07, 6.45) is 4.80. The molecular formula is C16H24ClNO. The standard InChI is InChI=1S/C16H24ClNO/c1-3-7-14(11-10-13(2)17)12-16(19)18-15-8-5-4-6-9-15/h4-6,8-9,13-14H,3,7,10-12H2,1-2H3,(H,18,19). The number of anilines is 1. The average molecular weight is 282 g/mol. The Morgan fingerprint density at radius 2 is 1.89 bits per heavy atom. The Morgan fingerprint density at radius 1 is 1.21 bits per heavy atom. The summed E-state index contributed by atoms with van der Waals surface area (Å²) in [4.78, 5) is 12.0. The number of nitrogens with one attached hydrogen (secondary N) is 1. The topological polar surface area (TPSA) is 29.1 Å². The molecule has 0 spiro atoms. The number of amides is 1. The van der Waals surface area contributed by atoms with Gasteiger partial charge in [-0.15, -0.1) is 11.6 Å². The number of carbonyl (C=O) groups excluding carboxylic acids is 1. The van der Waals surface area contributed by atoms with E-state index in [1.165, 1.54) is 0 Å². The summed E-state index contributed by atoms with van der Waals surface area (Å²) in [6, 6.07) is 9.61. The maximum atomic E-state index is 12.0. The van der Waals surface area contributed by atoms with Crippen LogP contribution in [0.2, 0.25) is 0 Å². The smallest absolute Gasteiger partial charge is 0.224 e. The quantitative estimate of drug-likeness (QED) is 0.679. The molecule has 19 heavy (non-hydrogen) atoms. The zero-order valence-corrected chi connectivity index (χ0v) is 12.6. The van der Waals surface area contributed by atoms with E-state index in [2.05, 4.69) is 12.2 Å². The van der Waals surface area contributed by atoms with E-state index >= 15 is 0 Å². The molecule has 2 nitrogen and oxygen atoms in total. The molecule has 0 saturated heterocycles. The van der Waals surface area contributed by atoms with E-state index in [4.69, 9.17) is 11.6 Å². The van der Waals surface area contributed by atoms with Crippen molar-refractivity contribution in [2.45, 2.75) is 51.3 Å². The van der Waals surface area contributed by atoms with Crippen LogP contribution in [0.4, 0.5) is 5.69 Å². The largest absolute Gasteiger partial charge is 0.326 e. The highest BCUT2D eigenvalue weighted by atomic mass is 35.5. The molecule has 0 saturated carbocycles. The van der Waals surface area contributed by atoms with Gasteiger partial charge in [0.2, 0.25) is 5.91 Å². The number of hydrogen-bond acceptors (Lipinski definition) is 1. The van der Waals surface area contributed by atoms with Crippen LogP contribution in [0.25, 0.3) is 0 Å². The van der Waals surface area contributed by atoms with Crippen LogP contribution in [0.5, 0.6) is 0 Å². The highest BCUT2D eigenvalue weighted by molar-refractivity contribution is 6.20. The van der Waals surface area contributed by atoms with Gasteiger partial charge in [-0.1, -0.05) is 38.0 Å². The van der Waals surface area contributed by atoms with Crippen LogP contribution in [-0.2, 0) is 4.79 Å². The molecule has 0 aliphatic carbocycles. The Labute approximate surface area is 121 Å². The molecule has 1 N–H and O–H groups in total. The second-order valence-electron chi connectivity index (χ2n) is 5.13. The predicted molar refractivity (Wildman–Crippen MR) is 82.6 cm³/mol. The maximum absolute atomic E-state index is 12.0. The van der Waals surface area contributed by atoms with Gasteiger partial charge < -0.3 is 5.32 Å². The van der Waals surface area contributed by atoms with Crippen molar-refractivity contribution in [1.29, 1.82) is 0 Å². The lowest BCUT2D eigenvalue weighted by molar-refractivity contribution is -0.117. The minimum Gasteiger partial charge on any atom is -0.326 e. The van der Waals surface area contributed by atoms with Crippen LogP contribution in [0.1, 0.15) is 46.0 Å². The molecule has 106 valence electrons. The van der Waals surface area contributed by atoms with Gasteiger partial charge in [0.05, 0.1) is 0 Å². The zero-order valence-electron chi connectivity index (χ0n) is 11.9. The molecule has 1 aromatic carbocycles. The van der Waals surface area contributed by atoms with Crippen molar-refractivity contribution < 1.29 is 4.79 Å². The summed E-state index contributed by atoms with van der Waals surface area (Å²) in [5.74, 6) is 0.543. The second-order valence-corrected chi connectivity index (χ2v) is 5.88. The number of alkyl halides is 1. The first-order valence-corrected chi connectivity index (χ1v) is 7.54. The summed E-state index contributed by atoms with van der Waals surface area (Å²) in [6.45, 7) is 4.17. The molecule has 0 fully saturated rings. The number of para-hydroxylation sites is 1. The molecular weight excluding hydrogens is 258 g/mol. The molecule has 2 unspecified atom stereocenters. The lowest BCUT2D eigenvalue weighted by atomic mass is 9.93. The fourth-order valence-corrected chi connectivity index (χ4v) is 2.34. The molecule has 0 heterocycles. The zero-order chi connectivity index (χ0) is 14.1. The van der Waals surface area contributed by atoms with Gasteiger partial charge >= 0.3 is 0 Å². The number of benzene rings is 1. The van der Waals surface area contributed by atoms with Crippen molar-refractivity contribution in [3.8, 4) is 0 Å². The lowest BCUT2D eigenvalue weighted by Crippen LogP contribution is -2.17. The fraction of sp³-hybridized carbons (Fsp3) is 0.562. The lowest BCUT2D eigenvalue weighted by Gasteiger charge is -2.16. The number of hydrogen-bond donors (Lipinski definition) is 1. The summed E-state index contributed by atoms with van der Waals surface area (Å²) in [5.41, 5.74) is 0.869. The minimum absolute atomic E-state index is 0.104. The molecule has 1 aromatic rings. The van der Waals surface area contributed by atoms with Crippen molar-refractivity contribution >= 4 is 23.2 Å². The van der Waals surface area contributed by atoms with Crippen LogP contribution in [0, 0.1) is 5.92 Å².